The van der Waals surface area contributed by atoms with E-state index in [1.807, 2.05) is 24.7 Å². The molecular weight excluding hydrogens is 468 g/mol. The lowest BCUT2D eigenvalue weighted by molar-refractivity contribution is 1.28. The highest BCUT2D eigenvalue weighted by Crippen LogP contribution is 2.44. The van der Waals surface area contributed by atoms with Gasteiger partial charge in [0.1, 0.15) is 4.60 Å². The summed E-state index contributed by atoms with van der Waals surface area (Å²) in [5, 5.41) is 4.91. The van der Waals surface area contributed by atoms with E-state index in [0.717, 1.165) is 15.7 Å². The predicted molar refractivity (Wildman–Crippen MR) is 141 cm³/mol. The number of hydrogen-bond acceptors (Lipinski definition) is 2. The SMILES string of the molecule is Brc1ccc(-c2c3ccccc3c(-c3ccccc3)c3cc(-c4ccncc4)ccc23)cn1. The van der Waals surface area contributed by atoms with Crippen LogP contribution in [0.3, 0.4) is 0 Å². The van der Waals surface area contributed by atoms with Crippen LogP contribution >= 0.6 is 15.9 Å². The molecule has 2 aromatic heterocycles. The van der Waals surface area contributed by atoms with Gasteiger partial charge in [-0.05, 0) is 89.6 Å². The number of benzene rings is 4. The fraction of sp³-hybridized carbons (Fsp3) is 0. The zero-order valence-electron chi connectivity index (χ0n) is 17.7. The predicted octanol–water partition coefficient (Wildman–Crippen LogP) is 8.55. The second kappa shape index (κ2) is 8.27. The van der Waals surface area contributed by atoms with Crippen LogP contribution in [0.25, 0.3) is 54.9 Å². The van der Waals surface area contributed by atoms with Gasteiger partial charge >= 0.3 is 0 Å². The molecule has 4 aromatic carbocycles. The van der Waals surface area contributed by atoms with Crippen LogP contribution in [-0.2, 0) is 0 Å². The number of pyridine rings is 2. The summed E-state index contributed by atoms with van der Waals surface area (Å²) in [5.74, 6) is 0. The van der Waals surface area contributed by atoms with Crippen molar-refractivity contribution in [2.45, 2.75) is 0 Å². The molecule has 0 aliphatic carbocycles. The van der Waals surface area contributed by atoms with Crippen LogP contribution in [-0.4, -0.2) is 9.97 Å². The van der Waals surface area contributed by atoms with E-state index in [0.29, 0.717) is 0 Å². The monoisotopic (exact) mass is 486 g/mol. The number of hydrogen-bond donors (Lipinski definition) is 0. The topological polar surface area (TPSA) is 25.8 Å². The van der Waals surface area contributed by atoms with Gasteiger partial charge in [-0.1, -0.05) is 72.8 Å². The van der Waals surface area contributed by atoms with Crippen molar-refractivity contribution < 1.29 is 0 Å². The van der Waals surface area contributed by atoms with Crippen molar-refractivity contribution in [1.82, 2.24) is 9.97 Å². The largest absolute Gasteiger partial charge is 0.265 e. The molecule has 0 saturated heterocycles. The van der Waals surface area contributed by atoms with Gasteiger partial charge in [-0.2, -0.15) is 0 Å². The van der Waals surface area contributed by atoms with Gasteiger partial charge in [-0.15, -0.1) is 0 Å². The number of rotatable bonds is 3. The van der Waals surface area contributed by atoms with Gasteiger partial charge in [0.25, 0.3) is 0 Å². The third-order valence-corrected chi connectivity index (χ3v) is 6.59. The Kier molecular flexibility index (Phi) is 4.97. The van der Waals surface area contributed by atoms with Crippen molar-refractivity contribution in [3.63, 3.8) is 0 Å². The minimum Gasteiger partial charge on any atom is -0.265 e. The molecule has 0 aliphatic heterocycles. The molecule has 2 nitrogen and oxygen atoms in total. The van der Waals surface area contributed by atoms with Gasteiger partial charge < -0.3 is 0 Å². The molecule has 2 heterocycles. The van der Waals surface area contributed by atoms with Gasteiger partial charge in [0.15, 0.2) is 0 Å². The van der Waals surface area contributed by atoms with Crippen molar-refractivity contribution in [2.75, 3.05) is 0 Å². The Hall–Kier alpha value is -3.82. The van der Waals surface area contributed by atoms with E-state index in [1.54, 1.807) is 0 Å². The molecule has 0 saturated carbocycles. The summed E-state index contributed by atoms with van der Waals surface area (Å²) in [6.07, 6.45) is 5.64. The van der Waals surface area contributed by atoms with Gasteiger partial charge in [-0.25, -0.2) is 4.98 Å². The van der Waals surface area contributed by atoms with Crippen LogP contribution in [0, 0.1) is 0 Å². The number of fused-ring (bicyclic) bond motifs is 2. The fourth-order valence-electron chi connectivity index (χ4n) is 4.65. The molecule has 0 N–H and O–H groups in total. The summed E-state index contributed by atoms with van der Waals surface area (Å²) in [4.78, 5) is 8.71. The number of halogens is 1. The highest BCUT2D eigenvalue weighted by Gasteiger charge is 2.17. The van der Waals surface area contributed by atoms with Crippen LogP contribution in [0.1, 0.15) is 0 Å². The molecule has 33 heavy (non-hydrogen) atoms. The first-order valence-corrected chi connectivity index (χ1v) is 11.6. The average Bonchev–Trinajstić information content (AvgIpc) is 2.88. The summed E-state index contributed by atoms with van der Waals surface area (Å²) in [5.41, 5.74) is 7.12. The highest BCUT2D eigenvalue weighted by molar-refractivity contribution is 9.10. The Labute approximate surface area is 200 Å². The van der Waals surface area contributed by atoms with Crippen LogP contribution < -0.4 is 0 Å². The molecule has 0 atom stereocenters. The maximum absolute atomic E-state index is 4.52. The Balaban J connectivity index is 1.78. The lowest BCUT2D eigenvalue weighted by Gasteiger charge is -2.18. The normalized spacial score (nSPS) is 11.2. The quantitative estimate of drug-likeness (QED) is 0.185. The second-order valence-electron chi connectivity index (χ2n) is 8.03. The molecule has 0 aliphatic rings. The van der Waals surface area contributed by atoms with Crippen LogP contribution in [0.2, 0.25) is 0 Å². The molecule has 6 rings (SSSR count). The van der Waals surface area contributed by atoms with Gasteiger partial charge in [0.05, 0.1) is 0 Å². The molecule has 6 aromatic rings. The number of nitrogens with zero attached hydrogens (tertiary/aromatic N) is 2. The molecule has 156 valence electrons. The Morgan fingerprint density at radius 3 is 1.82 bits per heavy atom. The van der Waals surface area contributed by atoms with Crippen molar-refractivity contribution in [2.24, 2.45) is 0 Å². The molecule has 0 spiro atoms. The Bertz CT molecular complexity index is 1590. The fourth-order valence-corrected chi connectivity index (χ4v) is 4.89. The molecule has 3 heteroatoms. The Morgan fingerprint density at radius 1 is 0.485 bits per heavy atom. The molecule has 0 amide bonds. The summed E-state index contributed by atoms with van der Waals surface area (Å²) in [7, 11) is 0. The van der Waals surface area contributed by atoms with Crippen LogP contribution in [0.15, 0.2) is 120 Å². The minimum atomic E-state index is 0.834. The van der Waals surface area contributed by atoms with Gasteiger partial charge in [-0.3, -0.25) is 4.98 Å². The Morgan fingerprint density at radius 2 is 1.12 bits per heavy atom. The molecular formula is C30H19BrN2. The maximum Gasteiger partial charge on any atom is 0.106 e. The standard InChI is InChI=1S/C30H19BrN2/c31-28-13-11-23(19-33-28)30-25-9-5-4-8-24(25)29(21-6-2-1-3-7-21)27-18-22(10-12-26(27)30)20-14-16-32-17-15-20/h1-19H. The third-order valence-electron chi connectivity index (χ3n) is 6.12. The molecule has 0 radical (unpaired) electrons. The zero-order chi connectivity index (χ0) is 22.2. The summed E-state index contributed by atoms with van der Waals surface area (Å²) < 4.78 is 0.834. The minimum absolute atomic E-state index is 0.834. The van der Waals surface area contributed by atoms with Crippen LogP contribution in [0.4, 0.5) is 0 Å². The van der Waals surface area contributed by atoms with Crippen LogP contribution in [0.5, 0.6) is 0 Å². The van der Waals surface area contributed by atoms with Crippen molar-refractivity contribution in [3.8, 4) is 33.4 Å². The summed E-state index contributed by atoms with van der Waals surface area (Å²) in [6, 6.07) is 34.4. The lowest BCUT2D eigenvalue weighted by atomic mass is 9.85. The highest BCUT2D eigenvalue weighted by atomic mass is 79.9. The molecule has 0 unspecified atom stereocenters. The number of aromatic nitrogens is 2. The average molecular weight is 487 g/mol. The lowest BCUT2D eigenvalue weighted by Crippen LogP contribution is -1.92. The third kappa shape index (κ3) is 3.51. The van der Waals surface area contributed by atoms with Crippen molar-refractivity contribution in [1.29, 1.82) is 0 Å². The second-order valence-corrected chi connectivity index (χ2v) is 8.84. The van der Waals surface area contributed by atoms with Gasteiger partial charge in [0.2, 0.25) is 0 Å². The maximum atomic E-state index is 4.52. The van der Waals surface area contributed by atoms with E-state index < -0.39 is 0 Å². The van der Waals surface area contributed by atoms with Crippen molar-refractivity contribution in [3.05, 3.63) is 120 Å². The van der Waals surface area contributed by atoms with E-state index >= 15 is 0 Å². The first kappa shape index (κ1) is 19.8. The zero-order valence-corrected chi connectivity index (χ0v) is 19.3. The first-order valence-electron chi connectivity index (χ1n) is 10.9. The van der Waals surface area contributed by atoms with E-state index in [-0.39, 0.29) is 0 Å². The van der Waals surface area contributed by atoms with E-state index in [4.69, 9.17) is 0 Å². The van der Waals surface area contributed by atoms with E-state index in [9.17, 15) is 0 Å². The van der Waals surface area contributed by atoms with Gasteiger partial charge in [0, 0.05) is 24.2 Å². The molecule has 0 bridgehead atoms. The van der Waals surface area contributed by atoms with Crippen molar-refractivity contribution >= 4 is 37.5 Å². The molecule has 0 fully saturated rings. The smallest absolute Gasteiger partial charge is 0.106 e. The summed E-state index contributed by atoms with van der Waals surface area (Å²) in [6.45, 7) is 0. The summed E-state index contributed by atoms with van der Waals surface area (Å²) >= 11 is 3.48. The first-order chi connectivity index (χ1) is 16.3. The van der Waals surface area contributed by atoms with E-state index in [1.165, 1.54) is 43.8 Å². The van der Waals surface area contributed by atoms with E-state index in [2.05, 4.69) is 117 Å².